The van der Waals surface area contributed by atoms with Crippen LogP contribution in [0.4, 0.5) is 0 Å². The van der Waals surface area contributed by atoms with Gasteiger partial charge in [0.1, 0.15) is 6.04 Å². The van der Waals surface area contributed by atoms with Crippen LogP contribution in [-0.4, -0.2) is 50.2 Å². The molecule has 0 spiro atoms. The highest BCUT2D eigenvalue weighted by atomic mass is 16.7. The van der Waals surface area contributed by atoms with Gasteiger partial charge in [-0.2, -0.15) is 0 Å². The molecule has 1 aromatic carbocycles. The normalized spacial score (nSPS) is 23.6. The number of hydrogen-bond donors (Lipinski definition) is 1. The van der Waals surface area contributed by atoms with Crippen LogP contribution in [0.1, 0.15) is 30.5 Å². The molecule has 0 saturated carbocycles. The largest absolute Gasteiger partial charge is 0.492 e. The van der Waals surface area contributed by atoms with Gasteiger partial charge in [-0.3, -0.25) is 0 Å². The van der Waals surface area contributed by atoms with Gasteiger partial charge in [0.15, 0.2) is 11.5 Å². The molecule has 0 aliphatic carbocycles. The number of fused-ring (bicyclic) bond motifs is 2. The summed E-state index contributed by atoms with van der Waals surface area (Å²) in [6, 6.07) is 2.27. The molecule has 21 heavy (non-hydrogen) atoms. The van der Waals surface area contributed by atoms with E-state index in [4.69, 9.17) is 14.2 Å². The number of hydrogen-bond acceptors (Lipinski definition) is 4. The molecule has 0 bridgehead atoms. The second-order valence-electron chi connectivity index (χ2n) is 6.57. The van der Waals surface area contributed by atoms with E-state index in [2.05, 4.69) is 20.2 Å². The Labute approximate surface area is 125 Å². The van der Waals surface area contributed by atoms with Gasteiger partial charge in [0, 0.05) is 12.8 Å². The predicted molar refractivity (Wildman–Crippen MR) is 78.8 cm³/mol. The van der Waals surface area contributed by atoms with Crippen molar-refractivity contribution in [2.45, 2.75) is 31.9 Å². The lowest BCUT2D eigenvalue weighted by atomic mass is 9.86. The summed E-state index contributed by atoms with van der Waals surface area (Å²) in [4.78, 5) is 0. The van der Waals surface area contributed by atoms with Crippen molar-refractivity contribution in [3.63, 3.8) is 0 Å². The third kappa shape index (κ3) is 2.34. The smallest absolute Gasteiger partial charge is 0.231 e. The van der Waals surface area contributed by atoms with Crippen molar-refractivity contribution in [3.8, 4) is 17.2 Å². The summed E-state index contributed by atoms with van der Waals surface area (Å²) >= 11 is 0. The molecule has 1 N–H and O–H groups in total. The first kappa shape index (κ1) is 14.5. The number of ether oxygens (including phenoxy) is 3. The van der Waals surface area contributed by atoms with Crippen molar-refractivity contribution in [2.24, 2.45) is 0 Å². The lowest BCUT2D eigenvalue weighted by Gasteiger charge is -2.43. The summed E-state index contributed by atoms with van der Waals surface area (Å²) in [6.07, 6.45) is 1.33. The molecule has 1 aromatic rings. The van der Waals surface area contributed by atoms with Crippen molar-refractivity contribution in [1.82, 2.24) is 0 Å². The highest BCUT2D eigenvalue weighted by Gasteiger charge is 2.41. The minimum Gasteiger partial charge on any atom is -0.492 e. The Balaban J connectivity index is 2.16. The predicted octanol–water partition coefficient (Wildman–Crippen LogP) is 1.87. The van der Waals surface area contributed by atoms with Crippen LogP contribution in [0.25, 0.3) is 0 Å². The second-order valence-corrected chi connectivity index (χ2v) is 6.57. The molecule has 3 rings (SSSR count). The second kappa shape index (κ2) is 5.07. The number of rotatable bonds is 3. The zero-order chi connectivity index (χ0) is 15.2. The van der Waals surface area contributed by atoms with Crippen LogP contribution in [0.2, 0.25) is 0 Å². The lowest BCUT2D eigenvalue weighted by Crippen LogP contribution is -2.48. The van der Waals surface area contributed by atoms with E-state index in [1.807, 2.05) is 6.92 Å². The fourth-order valence-electron chi connectivity index (χ4n) is 3.49. The molecule has 2 aliphatic rings. The fourth-order valence-corrected chi connectivity index (χ4v) is 3.49. The summed E-state index contributed by atoms with van der Waals surface area (Å²) in [5.74, 6) is 2.25. The average Bonchev–Trinajstić information content (AvgIpc) is 2.87. The number of quaternary nitrogens is 1. The van der Waals surface area contributed by atoms with Crippen molar-refractivity contribution in [2.75, 3.05) is 34.5 Å². The van der Waals surface area contributed by atoms with Gasteiger partial charge in [-0.1, -0.05) is 0 Å². The van der Waals surface area contributed by atoms with E-state index < -0.39 is 0 Å². The SMILES string of the molecule is COc1c2c(cc3c1[C@H](C[C@@H](C)O)[N+](C)(C)CC3)OCO2. The Morgan fingerprint density at radius 3 is 2.86 bits per heavy atom. The molecule has 0 fully saturated rings. The third-order valence-electron chi connectivity index (χ3n) is 4.65. The zero-order valence-electron chi connectivity index (χ0n) is 13.2. The molecule has 5 nitrogen and oxygen atoms in total. The van der Waals surface area contributed by atoms with Crippen molar-refractivity contribution in [3.05, 3.63) is 17.2 Å². The summed E-state index contributed by atoms with van der Waals surface area (Å²) in [5, 5.41) is 9.91. The standard InChI is InChI=1S/C16H24NO4/c1-10(18)7-12-14-11(5-6-17(12,2)3)8-13-15(16(14)19-4)21-9-20-13/h8,10,12,18H,5-7,9H2,1-4H3/q+1/t10-,12+/m1/s1. The Bertz CT molecular complexity index is 554. The zero-order valence-corrected chi connectivity index (χ0v) is 13.2. The van der Waals surface area contributed by atoms with Crippen molar-refractivity contribution < 1.29 is 23.8 Å². The van der Waals surface area contributed by atoms with E-state index in [0.29, 0.717) is 12.2 Å². The van der Waals surface area contributed by atoms with E-state index in [-0.39, 0.29) is 18.9 Å². The summed E-state index contributed by atoms with van der Waals surface area (Å²) in [7, 11) is 6.09. The van der Waals surface area contributed by atoms with E-state index >= 15 is 0 Å². The van der Waals surface area contributed by atoms with Gasteiger partial charge in [-0.05, 0) is 18.6 Å². The van der Waals surface area contributed by atoms with E-state index in [1.165, 1.54) is 11.1 Å². The molecule has 2 atom stereocenters. The van der Waals surface area contributed by atoms with Gasteiger partial charge in [0.2, 0.25) is 12.5 Å². The maximum atomic E-state index is 9.91. The van der Waals surface area contributed by atoms with Crippen LogP contribution in [0, 0.1) is 0 Å². The van der Waals surface area contributed by atoms with E-state index in [0.717, 1.165) is 28.9 Å². The molecule has 0 saturated heterocycles. The van der Waals surface area contributed by atoms with Crippen LogP contribution in [0.15, 0.2) is 6.07 Å². The number of aliphatic hydroxyl groups is 1. The molecule has 5 heteroatoms. The fraction of sp³-hybridized carbons (Fsp3) is 0.625. The number of methoxy groups -OCH3 is 1. The van der Waals surface area contributed by atoms with Crippen LogP contribution in [-0.2, 0) is 6.42 Å². The molecule has 2 aliphatic heterocycles. The maximum absolute atomic E-state index is 9.91. The highest BCUT2D eigenvalue weighted by Crippen LogP contribution is 2.51. The topological polar surface area (TPSA) is 47.9 Å². The number of nitrogens with zero attached hydrogens (tertiary/aromatic N) is 1. The summed E-state index contributed by atoms with van der Waals surface area (Å²) < 4.78 is 17.6. The van der Waals surface area contributed by atoms with Crippen LogP contribution >= 0.6 is 0 Å². The molecule has 0 radical (unpaired) electrons. The highest BCUT2D eigenvalue weighted by molar-refractivity contribution is 5.61. The van der Waals surface area contributed by atoms with E-state index in [1.54, 1.807) is 7.11 Å². The van der Waals surface area contributed by atoms with Gasteiger partial charge in [0.05, 0.1) is 39.4 Å². The Kier molecular flexibility index (Phi) is 3.50. The Morgan fingerprint density at radius 1 is 1.43 bits per heavy atom. The number of aliphatic hydroxyl groups excluding tert-OH is 1. The first-order valence-corrected chi connectivity index (χ1v) is 7.44. The summed E-state index contributed by atoms with van der Waals surface area (Å²) in [5.41, 5.74) is 2.41. The molecule has 0 unspecified atom stereocenters. The molecular weight excluding hydrogens is 270 g/mol. The number of likely N-dealkylation sites (N-methyl/N-ethyl adjacent to an activating group) is 1. The lowest BCUT2D eigenvalue weighted by molar-refractivity contribution is -0.924. The quantitative estimate of drug-likeness (QED) is 0.865. The average molecular weight is 294 g/mol. The Morgan fingerprint density at radius 2 is 2.19 bits per heavy atom. The minimum absolute atomic E-state index is 0.193. The van der Waals surface area contributed by atoms with Crippen LogP contribution < -0.4 is 14.2 Å². The van der Waals surface area contributed by atoms with Gasteiger partial charge in [-0.15, -0.1) is 0 Å². The molecule has 0 aromatic heterocycles. The van der Waals surface area contributed by atoms with Crippen molar-refractivity contribution in [1.29, 1.82) is 0 Å². The first-order valence-electron chi connectivity index (χ1n) is 7.44. The van der Waals surface area contributed by atoms with Crippen molar-refractivity contribution >= 4 is 0 Å². The molecular formula is C16H24NO4+. The molecule has 0 amide bonds. The van der Waals surface area contributed by atoms with Gasteiger partial charge in [-0.25, -0.2) is 0 Å². The first-order chi connectivity index (χ1) is 9.94. The molecule has 116 valence electrons. The van der Waals surface area contributed by atoms with Crippen LogP contribution in [0.3, 0.4) is 0 Å². The van der Waals surface area contributed by atoms with E-state index in [9.17, 15) is 5.11 Å². The minimum atomic E-state index is -0.353. The Hall–Kier alpha value is -1.46. The monoisotopic (exact) mass is 294 g/mol. The number of benzene rings is 1. The van der Waals surface area contributed by atoms with Gasteiger partial charge < -0.3 is 23.8 Å². The maximum Gasteiger partial charge on any atom is 0.231 e. The molecule has 2 heterocycles. The van der Waals surface area contributed by atoms with Crippen LogP contribution in [0.5, 0.6) is 17.2 Å². The third-order valence-corrected chi connectivity index (χ3v) is 4.65. The summed E-state index contributed by atoms with van der Waals surface area (Å²) in [6.45, 7) is 3.12. The van der Waals surface area contributed by atoms with Gasteiger partial charge >= 0.3 is 0 Å². The van der Waals surface area contributed by atoms with Gasteiger partial charge in [0.25, 0.3) is 0 Å².